The quantitative estimate of drug-likeness (QED) is 0.772. The molecule has 8 heteroatoms. The number of nitrogens with two attached hydrogens (primary N) is 1. The fraction of sp³-hybridized carbons (Fsp3) is 0.647. The number of ether oxygens (including phenoxy) is 1. The Morgan fingerprint density at radius 1 is 1.32 bits per heavy atom. The highest BCUT2D eigenvalue weighted by Gasteiger charge is 2.45. The smallest absolute Gasteiger partial charge is 0.173 e. The van der Waals surface area contributed by atoms with Crippen LogP contribution in [-0.2, 0) is 4.74 Å². The van der Waals surface area contributed by atoms with Crippen molar-refractivity contribution in [1.29, 1.82) is 0 Å². The zero-order chi connectivity index (χ0) is 17.4. The average Bonchev–Trinajstić information content (AvgIpc) is 3.18. The minimum absolute atomic E-state index is 0.347. The van der Waals surface area contributed by atoms with E-state index in [0.717, 1.165) is 32.4 Å². The number of halogens is 1. The Balaban J connectivity index is 1.48. The summed E-state index contributed by atoms with van der Waals surface area (Å²) in [6.07, 6.45) is 2.91. The van der Waals surface area contributed by atoms with Gasteiger partial charge in [0.05, 0.1) is 11.5 Å². The highest BCUT2D eigenvalue weighted by atomic mass is 19.1. The molecule has 2 aliphatic heterocycles. The molecule has 4 heterocycles. The molecule has 4 rings (SSSR count). The van der Waals surface area contributed by atoms with Crippen LogP contribution < -0.4 is 11.1 Å². The topological polar surface area (TPSA) is 98.2 Å². The second kappa shape index (κ2) is 6.86. The van der Waals surface area contributed by atoms with Crippen LogP contribution in [0.5, 0.6) is 0 Å². The molecular formula is C17H24FN5O2. The maximum Gasteiger partial charge on any atom is 0.173 e. The molecule has 0 spiro atoms. The number of hydrogen-bond acceptors (Lipinski definition) is 6. The van der Waals surface area contributed by atoms with E-state index in [1.54, 1.807) is 16.8 Å². The van der Waals surface area contributed by atoms with Gasteiger partial charge in [-0.2, -0.15) is 0 Å². The predicted molar refractivity (Wildman–Crippen MR) is 91.6 cm³/mol. The van der Waals surface area contributed by atoms with Gasteiger partial charge in [-0.05, 0) is 50.8 Å². The molecule has 0 aromatic carbocycles. The van der Waals surface area contributed by atoms with Crippen LogP contribution in [0.25, 0.3) is 11.0 Å². The van der Waals surface area contributed by atoms with Gasteiger partial charge in [0.1, 0.15) is 23.9 Å². The standard InChI is InChI=1S/C17H24FN5O2/c18-13-14(24)12(2-1-10-3-6-20-7-4-10)25-17(13)23-8-5-11-15(19)21-9-22-16(11)23/h5,8-10,12-14,17,20,24H,1-4,6-7H2,(H2,19,21,22)/t12-,13+,14-,17-/m1/s1. The van der Waals surface area contributed by atoms with Crippen molar-refractivity contribution in [3.8, 4) is 0 Å². The number of aliphatic hydroxyl groups excluding tert-OH is 1. The van der Waals surface area contributed by atoms with Gasteiger partial charge in [0.2, 0.25) is 0 Å². The third-order valence-corrected chi connectivity index (χ3v) is 5.43. The lowest BCUT2D eigenvalue weighted by molar-refractivity contribution is -0.0285. The van der Waals surface area contributed by atoms with E-state index < -0.39 is 24.6 Å². The van der Waals surface area contributed by atoms with Crippen LogP contribution in [0.2, 0.25) is 0 Å². The highest BCUT2D eigenvalue weighted by Crippen LogP contribution is 2.37. The molecule has 0 unspecified atom stereocenters. The number of anilines is 1. The molecule has 0 saturated carbocycles. The molecule has 25 heavy (non-hydrogen) atoms. The van der Waals surface area contributed by atoms with Gasteiger partial charge in [-0.25, -0.2) is 14.4 Å². The summed E-state index contributed by atoms with van der Waals surface area (Å²) in [6, 6.07) is 1.75. The first-order valence-electron chi connectivity index (χ1n) is 8.90. The van der Waals surface area contributed by atoms with Crippen molar-refractivity contribution in [2.45, 2.75) is 50.3 Å². The molecule has 2 fully saturated rings. The molecule has 136 valence electrons. The average molecular weight is 349 g/mol. The van der Waals surface area contributed by atoms with Crippen molar-refractivity contribution < 1.29 is 14.2 Å². The van der Waals surface area contributed by atoms with Crippen molar-refractivity contribution >= 4 is 16.9 Å². The molecule has 0 aliphatic carbocycles. The van der Waals surface area contributed by atoms with Crippen LogP contribution in [0.4, 0.5) is 10.2 Å². The van der Waals surface area contributed by atoms with Crippen LogP contribution in [0.15, 0.2) is 18.6 Å². The zero-order valence-corrected chi connectivity index (χ0v) is 14.0. The number of piperidine rings is 1. The van der Waals surface area contributed by atoms with E-state index in [0.29, 0.717) is 29.2 Å². The van der Waals surface area contributed by atoms with Gasteiger partial charge in [0, 0.05) is 6.20 Å². The summed E-state index contributed by atoms with van der Waals surface area (Å²) in [4.78, 5) is 8.13. The summed E-state index contributed by atoms with van der Waals surface area (Å²) in [5.74, 6) is 0.967. The van der Waals surface area contributed by atoms with Gasteiger partial charge in [-0.3, -0.25) is 0 Å². The van der Waals surface area contributed by atoms with Crippen LogP contribution in [0, 0.1) is 5.92 Å². The summed E-state index contributed by atoms with van der Waals surface area (Å²) in [6.45, 7) is 2.06. The predicted octanol–water partition coefficient (Wildman–Crippen LogP) is 1.39. The van der Waals surface area contributed by atoms with E-state index in [2.05, 4.69) is 15.3 Å². The van der Waals surface area contributed by atoms with Crippen LogP contribution in [0.3, 0.4) is 0 Å². The number of aromatic nitrogens is 3. The van der Waals surface area contributed by atoms with Crippen LogP contribution in [0.1, 0.15) is 31.9 Å². The molecule has 2 aromatic rings. The first kappa shape index (κ1) is 16.7. The summed E-state index contributed by atoms with van der Waals surface area (Å²) in [5, 5.41) is 14.3. The van der Waals surface area contributed by atoms with Crippen molar-refractivity contribution in [3.63, 3.8) is 0 Å². The van der Waals surface area contributed by atoms with E-state index in [9.17, 15) is 9.50 Å². The van der Waals surface area contributed by atoms with Crippen molar-refractivity contribution in [2.24, 2.45) is 5.92 Å². The first-order valence-corrected chi connectivity index (χ1v) is 8.90. The Bertz CT molecular complexity index is 733. The summed E-state index contributed by atoms with van der Waals surface area (Å²) in [7, 11) is 0. The lowest BCUT2D eigenvalue weighted by Crippen LogP contribution is -2.31. The minimum Gasteiger partial charge on any atom is -0.387 e. The van der Waals surface area contributed by atoms with Gasteiger partial charge >= 0.3 is 0 Å². The number of nitrogens with one attached hydrogen (secondary N) is 1. The molecule has 2 saturated heterocycles. The van der Waals surface area contributed by atoms with E-state index in [4.69, 9.17) is 10.5 Å². The Morgan fingerprint density at radius 3 is 2.92 bits per heavy atom. The SMILES string of the molecule is Nc1ncnc2c1ccn2[C@@H]1O[C@H](CCC2CCNCC2)[C@@H](O)[C@@H]1F. The van der Waals surface area contributed by atoms with Gasteiger partial charge in [-0.15, -0.1) is 0 Å². The third-order valence-electron chi connectivity index (χ3n) is 5.43. The number of nitrogens with zero attached hydrogens (tertiary/aromatic N) is 3. The molecule has 0 bridgehead atoms. The second-order valence-corrected chi connectivity index (χ2v) is 6.99. The summed E-state index contributed by atoms with van der Waals surface area (Å²) in [5.41, 5.74) is 6.35. The normalized spacial score (nSPS) is 31.0. The number of hydrogen-bond donors (Lipinski definition) is 3. The molecule has 0 amide bonds. The molecular weight excluding hydrogens is 325 g/mol. The molecule has 2 aromatic heterocycles. The Kier molecular flexibility index (Phi) is 4.58. The Morgan fingerprint density at radius 2 is 2.12 bits per heavy atom. The maximum atomic E-state index is 14.7. The van der Waals surface area contributed by atoms with Crippen molar-refractivity contribution in [1.82, 2.24) is 19.9 Å². The lowest BCUT2D eigenvalue weighted by atomic mass is 9.91. The third kappa shape index (κ3) is 3.09. The molecule has 4 atom stereocenters. The summed E-state index contributed by atoms with van der Waals surface area (Å²) >= 11 is 0. The highest BCUT2D eigenvalue weighted by molar-refractivity contribution is 5.86. The van der Waals surface area contributed by atoms with Gasteiger partial charge in [0.25, 0.3) is 0 Å². The number of rotatable bonds is 4. The molecule has 0 radical (unpaired) electrons. The monoisotopic (exact) mass is 349 g/mol. The van der Waals surface area contributed by atoms with E-state index >= 15 is 0 Å². The number of alkyl halides is 1. The van der Waals surface area contributed by atoms with Crippen LogP contribution in [-0.4, -0.2) is 51.1 Å². The minimum atomic E-state index is -1.50. The second-order valence-electron chi connectivity index (χ2n) is 6.99. The zero-order valence-electron chi connectivity index (χ0n) is 14.0. The first-order chi connectivity index (χ1) is 12.1. The fourth-order valence-electron chi connectivity index (χ4n) is 3.93. The van der Waals surface area contributed by atoms with E-state index in [-0.39, 0.29) is 0 Å². The lowest BCUT2D eigenvalue weighted by Gasteiger charge is -2.24. The molecule has 4 N–H and O–H groups in total. The van der Waals surface area contributed by atoms with Crippen LogP contribution >= 0.6 is 0 Å². The van der Waals surface area contributed by atoms with Gasteiger partial charge < -0.3 is 25.5 Å². The fourth-order valence-corrected chi connectivity index (χ4v) is 3.93. The number of aliphatic hydroxyl groups is 1. The van der Waals surface area contributed by atoms with E-state index in [1.807, 2.05) is 0 Å². The van der Waals surface area contributed by atoms with Crippen molar-refractivity contribution in [3.05, 3.63) is 18.6 Å². The summed E-state index contributed by atoms with van der Waals surface area (Å²) < 4.78 is 22.2. The molecule has 7 nitrogen and oxygen atoms in total. The largest absolute Gasteiger partial charge is 0.387 e. The van der Waals surface area contributed by atoms with E-state index in [1.165, 1.54) is 6.33 Å². The van der Waals surface area contributed by atoms with Crippen molar-refractivity contribution in [2.75, 3.05) is 18.8 Å². The number of nitrogen functional groups attached to an aromatic ring is 1. The Labute approximate surface area is 145 Å². The molecule has 2 aliphatic rings. The maximum absolute atomic E-state index is 14.7. The van der Waals surface area contributed by atoms with Gasteiger partial charge in [0.15, 0.2) is 12.4 Å². The van der Waals surface area contributed by atoms with Gasteiger partial charge in [-0.1, -0.05) is 0 Å². The Hall–Kier alpha value is -1.77. The number of fused-ring (bicyclic) bond motifs is 1.